The second-order valence-corrected chi connectivity index (χ2v) is 10.6. The van der Waals surface area contributed by atoms with Crippen molar-refractivity contribution in [2.45, 2.75) is 44.2 Å². The Morgan fingerprint density at radius 3 is 2.81 bits per heavy atom. The lowest BCUT2D eigenvalue weighted by atomic mass is 9.91. The fraction of sp³-hybridized carbons (Fsp3) is 0.407. The molecule has 7 rings (SSSR count). The fourth-order valence-corrected chi connectivity index (χ4v) is 5.70. The first-order chi connectivity index (χ1) is 20.5. The summed E-state index contributed by atoms with van der Waals surface area (Å²) in [5, 5.41) is 11.9. The van der Waals surface area contributed by atoms with Crippen LogP contribution in [0, 0.1) is 0 Å². The molecule has 6 N–H and O–H groups in total. The summed E-state index contributed by atoms with van der Waals surface area (Å²) < 4.78 is 24.2. The number of nitrogens with one attached hydrogen (secondary N) is 1. The van der Waals surface area contributed by atoms with Crippen LogP contribution in [0.1, 0.15) is 47.4 Å². The Morgan fingerprint density at radius 2 is 2.00 bits per heavy atom. The summed E-state index contributed by atoms with van der Waals surface area (Å²) in [4.78, 5) is 36.4. The molecule has 2 fully saturated rings. The highest BCUT2D eigenvalue weighted by Gasteiger charge is 2.28. The van der Waals surface area contributed by atoms with Crippen molar-refractivity contribution in [3.63, 3.8) is 0 Å². The molecule has 2 atom stereocenters. The molecule has 15 nitrogen and oxygen atoms in total. The van der Waals surface area contributed by atoms with Crippen molar-refractivity contribution in [3.8, 4) is 11.3 Å². The SMILES string of the molecule is NC(=O)c1c(Cc2cc(-c3coc4c(=O)cc(N5CCOCC5)oc34)on2)nc(N[C@H]2CCCC[C@H]2[NH3+])n2ncnc12. The molecule has 0 aromatic carbocycles. The quantitative estimate of drug-likeness (QED) is 0.248. The summed E-state index contributed by atoms with van der Waals surface area (Å²) in [5.41, 5.74) is 11.8. The van der Waals surface area contributed by atoms with Crippen molar-refractivity contribution in [2.24, 2.45) is 5.73 Å². The topological polar surface area (TPSA) is 208 Å². The van der Waals surface area contributed by atoms with Crippen LogP contribution in [0.5, 0.6) is 0 Å². The molecule has 0 unspecified atom stereocenters. The van der Waals surface area contributed by atoms with Crippen LogP contribution in [0.25, 0.3) is 28.1 Å². The first kappa shape index (κ1) is 26.2. The third-order valence-corrected chi connectivity index (χ3v) is 7.90. The molecule has 1 saturated heterocycles. The number of rotatable bonds is 7. The van der Waals surface area contributed by atoms with Crippen LogP contribution in [0.15, 0.2) is 42.9 Å². The molecular formula is C27H30N9O6+. The molecule has 0 spiro atoms. The van der Waals surface area contributed by atoms with Gasteiger partial charge in [0.2, 0.25) is 17.0 Å². The lowest BCUT2D eigenvalue weighted by Crippen LogP contribution is -2.68. The van der Waals surface area contributed by atoms with E-state index >= 15 is 0 Å². The maximum atomic E-state index is 12.8. The van der Waals surface area contributed by atoms with E-state index in [4.69, 9.17) is 28.8 Å². The van der Waals surface area contributed by atoms with Gasteiger partial charge in [-0.25, -0.2) is 9.97 Å². The van der Waals surface area contributed by atoms with Gasteiger partial charge >= 0.3 is 0 Å². The molecule has 2 aliphatic rings. The lowest BCUT2D eigenvalue weighted by Gasteiger charge is -2.27. The molecule has 1 saturated carbocycles. The fourth-order valence-electron chi connectivity index (χ4n) is 5.70. The molecule has 1 amide bonds. The van der Waals surface area contributed by atoms with Gasteiger partial charge in [0, 0.05) is 32.0 Å². The third kappa shape index (κ3) is 4.65. The van der Waals surface area contributed by atoms with Crippen LogP contribution in [-0.2, 0) is 11.2 Å². The molecule has 42 heavy (non-hydrogen) atoms. The van der Waals surface area contributed by atoms with Crippen LogP contribution in [-0.4, -0.2) is 69.0 Å². The van der Waals surface area contributed by atoms with E-state index in [0.29, 0.717) is 66.5 Å². The Kier molecular flexibility index (Phi) is 6.59. The monoisotopic (exact) mass is 576 g/mol. The van der Waals surface area contributed by atoms with Crippen molar-refractivity contribution in [1.29, 1.82) is 0 Å². The number of fused-ring (bicyclic) bond motifs is 2. The summed E-state index contributed by atoms with van der Waals surface area (Å²) in [6, 6.07) is 3.42. The number of furan rings is 1. The van der Waals surface area contributed by atoms with Gasteiger partial charge in [0.05, 0.1) is 36.7 Å². The normalized spacial score (nSPS) is 19.5. The average Bonchev–Trinajstić information content (AvgIpc) is 3.75. The second-order valence-electron chi connectivity index (χ2n) is 10.6. The van der Waals surface area contributed by atoms with Crippen molar-refractivity contribution in [2.75, 3.05) is 36.5 Å². The predicted octanol–water partition coefficient (Wildman–Crippen LogP) is 0.970. The van der Waals surface area contributed by atoms with Gasteiger partial charge in [-0.2, -0.15) is 9.61 Å². The van der Waals surface area contributed by atoms with Gasteiger partial charge in [-0.15, -0.1) is 0 Å². The first-order valence-electron chi connectivity index (χ1n) is 13.9. The van der Waals surface area contributed by atoms with Crippen LogP contribution < -0.4 is 27.1 Å². The number of carbonyl (C=O) groups is 1. The number of nitrogens with zero attached hydrogens (tertiary/aromatic N) is 6. The predicted molar refractivity (Wildman–Crippen MR) is 148 cm³/mol. The summed E-state index contributed by atoms with van der Waals surface area (Å²) in [6.45, 7) is 2.29. The molecule has 15 heteroatoms. The minimum absolute atomic E-state index is 0.0806. The maximum Gasteiger partial charge on any atom is 0.254 e. The number of carbonyl (C=O) groups excluding carboxylic acids is 1. The van der Waals surface area contributed by atoms with Gasteiger partial charge in [-0.05, 0) is 12.8 Å². The Labute approximate surface area is 237 Å². The number of aromatic nitrogens is 5. The zero-order chi connectivity index (χ0) is 28.8. The lowest BCUT2D eigenvalue weighted by molar-refractivity contribution is -0.427. The van der Waals surface area contributed by atoms with E-state index in [9.17, 15) is 9.59 Å². The molecular weight excluding hydrogens is 546 g/mol. The van der Waals surface area contributed by atoms with Gasteiger partial charge in [-0.3, -0.25) is 9.59 Å². The third-order valence-electron chi connectivity index (χ3n) is 7.90. The number of ether oxygens (including phenoxy) is 1. The van der Waals surface area contributed by atoms with Gasteiger partial charge in [0.25, 0.3) is 5.91 Å². The van der Waals surface area contributed by atoms with Crippen LogP contribution in [0.4, 0.5) is 11.8 Å². The van der Waals surface area contributed by atoms with E-state index in [1.165, 1.54) is 23.2 Å². The number of primary amides is 1. The first-order valence-corrected chi connectivity index (χ1v) is 13.9. The van der Waals surface area contributed by atoms with E-state index < -0.39 is 5.91 Å². The highest BCUT2D eigenvalue weighted by atomic mass is 16.5. The van der Waals surface area contributed by atoms with Crippen LogP contribution >= 0.6 is 0 Å². The van der Waals surface area contributed by atoms with Gasteiger partial charge in [-0.1, -0.05) is 11.6 Å². The Morgan fingerprint density at radius 1 is 1.17 bits per heavy atom. The van der Waals surface area contributed by atoms with Crippen molar-refractivity contribution >= 4 is 34.6 Å². The Hall–Kier alpha value is -4.76. The van der Waals surface area contributed by atoms with E-state index in [1.54, 1.807) is 6.07 Å². The Bertz CT molecular complexity index is 1830. The van der Waals surface area contributed by atoms with Gasteiger partial charge < -0.3 is 39.8 Å². The van der Waals surface area contributed by atoms with Crippen molar-refractivity contribution < 1.29 is 28.6 Å². The molecule has 0 bridgehead atoms. The smallest absolute Gasteiger partial charge is 0.254 e. The molecule has 0 radical (unpaired) electrons. The molecule has 5 aromatic heterocycles. The standard InChI is InChI=1S/C27H29N9O6/c28-16-3-1-2-4-17(16)32-27-33-18(22(25(29)38)26-30-13-31-36(26)27)9-14-10-20(42-34-14)15-12-40-24-19(37)11-21(41-23(15)24)35-5-7-39-8-6-35/h10-13,16-17H,1-9,28H2,(H2,29,38)(H,32,33)/p+1/t16-,17+/m1/s1. The summed E-state index contributed by atoms with van der Waals surface area (Å²) in [7, 11) is 0. The molecule has 5 aromatic rings. The zero-order valence-electron chi connectivity index (χ0n) is 22.7. The molecule has 6 heterocycles. The largest absolute Gasteiger partial charge is 0.456 e. The minimum atomic E-state index is -0.684. The highest BCUT2D eigenvalue weighted by molar-refractivity contribution is 6.00. The van der Waals surface area contributed by atoms with E-state index in [2.05, 4.69) is 26.3 Å². The maximum absolute atomic E-state index is 12.8. The summed E-state index contributed by atoms with van der Waals surface area (Å²) in [6.07, 6.45) is 7.09. The van der Waals surface area contributed by atoms with E-state index in [0.717, 1.165) is 25.7 Å². The average molecular weight is 577 g/mol. The van der Waals surface area contributed by atoms with E-state index in [1.807, 2.05) is 4.90 Å². The number of morpholine rings is 1. The number of hydrogen-bond donors (Lipinski definition) is 3. The number of nitrogens with two attached hydrogens (primary N) is 1. The summed E-state index contributed by atoms with van der Waals surface area (Å²) >= 11 is 0. The van der Waals surface area contributed by atoms with Gasteiger partial charge in [0.15, 0.2) is 22.9 Å². The van der Waals surface area contributed by atoms with Gasteiger partial charge in [0.1, 0.15) is 29.8 Å². The zero-order valence-corrected chi connectivity index (χ0v) is 22.7. The molecule has 1 aliphatic heterocycles. The summed E-state index contributed by atoms with van der Waals surface area (Å²) in [5.74, 6) is 0.523. The highest BCUT2D eigenvalue weighted by Crippen LogP contribution is 2.33. The number of hydrogen-bond acceptors (Lipinski definition) is 12. The molecule has 1 aliphatic carbocycles. The Balaban J connectivity index is 1.23. The van der Waals surface area contributed by atoms with Crippen LogP contribution in [0.2, 0.25) is 0 Å². The second kappa shape index (κ2) is 10.6. The number of anilines is 2. The van der Waals surface area contributed by atoms with E-state index in [-0.39, 0.29) is 40.7 Å². The van der Waals surface area contributed by atoms with Crippen molar-refractivity contribution in [1.82, 2.24) is 24.7 Å². The number of amides is 1. The number of quaternary nitrogens is 1. The van der Waals surface area contributed by atoms with Crippen LogP contribution in [0.3, 0.4) is 0 Å². The molecule has 218 valence electrons. The minimum Gasteiger partial charge on any atom is -0.456 e. The van der Waals surface area contributed by atoms with Crippen molar-refractivity contribution in [3.05, 3.63) is 51.9 Å².